The molecule has 4 heterocycles. The second-order valence-electron chi connectivity index (χ2n) is 14.5. The number of esters is 1. The van der Waals surface area contributed by atoms with Crippen LogP contribution < -0.4 is 0 Å². The molecule has 0 saturated carbocycles. The fourth-order valence-electron chi connectivity index (χ4n) is 7.51. The lowest BCUT2D eigenvalue weighted by atomic mass is 9.81. The van der Waals surface area contributed by atoms with E-state index in [1.807, 2.05) is 20.8 Å². The Labute approximate surface area is 289 Å². The van der Waals surface area contributed by atoms with Crippen LogP contribution in [-0.4, -0.2) is 141 Å². The number of epoxide rings is 1. The molecule has 4 aliphatic heterocycles. The summed E-state index contributed by atoms with van der Waals surface area (Å²) >= 11 is 0. The third-order valence-electron chi connectivity index (χ3n) is 10.6. The highest BCUT2D eigenvalue weighted by molar-refractivity contribution is 5.86. The van der Waals surface area contributed by atoms with Gasteiger partial charge in [0.1, 0.15) is 36.1 Å². The monoisotopic (exact) mass is 702 g/mol. The highest BCUT2D eigenvalue weighted by atomic mass is 16.7. The molecule has 0 spiro atoms. The van der Waals surface area contributed by atoms with Gasteiger partial charge in [-0.3, -0.25) is 4.79 Å². The van der Waals surface area contributed by atoms with Gasteiger partial charge in [-0.15, -0.1) is 0 Å². The van der Waals surface area contributed by atoms with Gasteiger partial charge in [0.2, 0.25) is 0 Å². The molecule has 0 aromatic carbocycles. The summed E-state index contributed by atoms with van der Waals surface area (Å²) in [5.74, 6) is -2.20. The Morgan fingerprint density at radius 3 is 2.18 bits per heavy atom. The summed E-state index contributed by atoms with van der Waals surface area (Å²) in [4.78, 5) is 26.6. The van der Waals surface area contributed by atoms with Crippen LogP contribution in [0.5, 0.6) is 0 Å². The summed E-state index contributed by atoms with van der Waals surface area (Å²) in [5, 5.41) is 32.9. The fraction of sp³-hybridized carbons (Fsp3) is 0.886. The van der Waals surface area contributed by atoms with E-state index in [1.54, 1.807) is 19.9 Å². The van der Waals surface area contributed by atoms with Gasteiger partial charge in [0.15, 0.2) is 18.4 Å². The molecule has 282 valence electrons. The number of ketones is 1. The van der Waals surface area contributed by atoms with Gasteiger partial charge in [0.05, 0.1) is 43.7 Å². The summed E-state index contributed by atoms with van der Waals surface area (Å²) in [6, 6.07) is 0. The van der Waals surface area contributed by atoms with E-state index in [1.165, 1.54) is 34.3 Å². The van der Waals surface area contributed by atoms with Crippen molar-refractivity contribution in [2.24, 2.45) is 23.7 Å². The summed E-state index contributed by atoms with van der Waals surface area (Å²) in [6.45, 7) is 11.0. The van der Waals surface area contributed by atoms with E-state index in [-0.39, 0.29) is 49.3 Å². The van der Waals surface area contributed by atoms with Gasteiger partial charge in [0, 0.05) is 51.6 Å². The molecule has 3 N–H and O–H groups in total. The molecule has 0 aromatic heterocycles. The van der Waals surface area contributed by atoms with Crippen LogP contribution in [0.1, 0.15) is 60.8 Å². The molecule has 0 aliphatic carbocycles. The number of hydrogen-bond donors (Lipinski definition) is 3. The van der Waals surface area contributed by atoms with Crippen molar-refractivity contribution in [2.45, 2.75) is 140 Å². The maximum absolute atomic E-state index is 13.4. The summed E-state index contributed by atoms with van der Waals surface area (Å²) in [6.07, 6.45) is -4.88. The lowest BCUT2D eigenvalue weighted by Crippen LogP contribution is -2.59. The first-order chi connectivity index (χ1) is 23.1. The van der Waals surface area contributed by atoms with Gasteiger partial charge in [-0.2, -0.15) is 0 Å². The number of carbonyl (C=O) groups is 2. The van der Waals surface area contributed by atoms with Crippen LogP contribution in [-0.2, 0) is 52.2 Å². The van der Waals surface area contributed by atoms with Gasteiger partial charge in [-0.1, -0.05) is 26.8 Å². The van der Waals surface area contributed by atoms with Crippen molar-refractivity contribution < 1.29 is 67.5 Å². The average molecular weight is 703 g/mol. The number of Topliss-reactive ketones (excluding diaryl/α,β-unsaturated/α-hetero) is 1. The quantitative estimate of drug-likeness (QED) is 0.245. The highest BCUT2D eigenvalue weighted by Gasteiger charge is 2.51. The minimum Gasteiger partial charge on any atom is -0.459 e. The highest BCUT2D eigenvalue weighted by Crippen LogP contribution is 2.38. The topological polar surface area (TPSA) is 181 Å². The van der Waals surface area contributed by atoms with Crippen molar-refractivity contribution in [2.75, 3.05) is 34.5 Å². The molecule has 4 aliphatic rings. The zero-order valence-electron chi connectivity index (χ0n) is 30.3. The molecule has 0 aromatic rings. The molecule has 3 saturated heterocycles. The van der Waals surface area contributed by atoms with E-state index in [2.05, 4.69) is 0 Å². The van der Waals surface area contributed by atoms with Gasteiger partial charge in [0.25, 0.3) is 0 Å². The number of aliphatic hydroxyl groups is 3. The van der Waals surface area contributed by atoms with Crippen molar-refractivity contribution in [3.05, 3.63) is 12.2 Å². The molecule has 4 rings (SSSR count). The Morgan fingerprint density at radius 1 is 0.857 bits per heavy atom. The zero-order valence-corrected chi connectivity index (χ0v) is 30.3. The summed E-state index contributed by atoms with van der Waals surface area (Å²) in [7, 11) is 4.48. The molecular weight excluding hydrogens is 644 g/mol. The fourth-order valence-corrected chi connectivity index (χ4v) is 7.51. The first-order valence-electron chi connectivity index (χ1n) is 17.4. The lowest BCUT2D eigenvalue weighted by Gasteiger charge is -2.42. The van der Waals surface area contributed by atoms with Crippen LogP contribution in [0.15, 0.2) is 12.2 Å². The normalized spacial score (nSPS) is 48.0. The van der Waals surface area contributed by atoms with E-state index in [0.717, 1.165) is 0 Å². The van der Waals surface area contributed by atoms with Crippen LogP contribution in [0.3, 0.4) is 0 Å². The molecule has 49 heavy (non-hydrogen) atoms. The summed E-state index contributed by atoms with van der Waals surface area (Å²) in [5.41, 5.74) is -1.66. The summed E-state index contributed by atoms with van der Waals surface area (Å²) < 4.78 is 52.7. The molecule has 14 nitrogen and oxygen atoms in total. The maximum Gasteiger partial charge on any atom is 0.330 e. The molecule has 14 heteroatoms. The average Bonchev–Trinajstić information content (AvgIpc) is 3.82. The number of carbonyl (C=O) groups excluding carboxylic acids is 2. The number of methoxy groups -OCH3 is 3. The second-order valence-corrected chi connectivity index (χ2v) is 14.5. The van der Waals surface area contributed by atoms with Crippen molar-refractivity contribution in [1.29, 1.82) is 0 Å². The van der Waals surface area contributed by atoms with E-state index >= 15 is 0 Å². The van der Waals surface area contributed by atoms with E-state index in [0.29, 0.717) is 13.0 Å². The largest absolute Gasteiger partial charge is 0.459 e. The van der Waals surface area contributed by atoms with Gasteiger partial charge >= 0.3 is 5.97 Å². The van der Waals surface area contributed by atoms with Gasteiger partial charge < -0.3 is 58.0 Å². The van der Waals surface area contributed by atoms with Crippen molar-refractivity contribution in [1.82, 2.24) is 0 Å². The molecule has 0 amide bonds. The van der Waals surface area contributed by atoms with Gasteiger partial charge in [-0.05, 0) is 39.5 Å². The Hall–Kier alpha value is -1.56. The third kappa shape index (κ3) is 9.66. The lowest BCUT2D eigenvalue weighted by molar-refractivity contribution is -0.305. The third-order valence-corrected chi connectivity index (χ3v) is 10.6. The number of rotatable bonds is 8. The number of aliphatic hydroxyl groups excluding tert-OH is 2. The Balaban J connectivity index is 1.53. The predicted octanol–water partition coefficient (Wildman–Crippen LogP) is 1.54. The first kappa shape index (κ1) is 40.2. The van der Waals surface area contributed by atoms with E-state index in [9.17, 15) is 24.9 Å². The number of cyclic esters (lactones) is 1. The van der Waals surface area contributed by atoms with Crippen LogP contribution >= 0.6 is 0 Å². The van der Waals surface area contributed by atoms with Crippen molar-refractivity contribution >= 4 is 11.8 Å². The minimum absolute atomic E-state index is 0.0543. The second kappa shape index (κ2) is 17.3. The van der Waals surface area contributed by atoms with Crippen LogP contribution in [0.25, 0.3) is 0 Å². The SMILES string of the molecule is CO[C@@H]1[C@H](O)[C@@H](C)O[C@@H](OC[C@H]2[C@@H]3O[C@H]3CCC(=O)[C@@](C)(O)C[C@H](C)[C@H](O[C@@H]3OC[C@H](C)[C@H](OC)[C@H]3O)[C@H](C)/C=C/C(=O)O[C@@H]2C)[C@@H]1OC. The minimum atomic E-state index is -1.66. The number of fused-ring (bicyclic) bond motifs is 1. The maximum atomic E-state index is 13.4. The molecule has 17 atom stereocenters. The van der Waals surface area contributed by atoms with Crippen LogP contribution in [0.2, 0.25) is 0 Å². The molecule has 0 radical (unpaired) electrons. The van der Waals surface area contributed by atoms with E-state index in [4.69, 9.17) is 42.6 Å². The zero-order chi connectivity index (χ0) is 36.2. The predicted molar refractivity (Wildman–Crippen MR) is 173 cm³/mol. The number of hydrogen-bond acceptors (Lipinski definition) is 14. The van der Waals surface area contributed by atoms with Crippen molar-refractivity contribution in [3.63, 3.8) is 0 Å². The Morgan fingerprint density at radius 2 is 1.53 bits per heavy atom. The standard InChI is InChI=1S/C35H58O14/c1-17-10-13-25(37)46-20(4)22(16-45-34-32(43-9)31(42-8)26(38)21(5)47-34)30-23(48-30)11-12-24(36)35(6,40)14-18(2)28(17)49-33-27(39)29(41-7)19(3)15-44-33/h10,13,17-23,26-34,38-40H,11-12,14-16H2,1-9H3/b13-10+/t17-,18+,19+,20-,21-,22-,23+,26-,27-,28-,29+,30+,31-,32-,33+,34-,35+/m1/s1. The smallest absolute Gasteiger partial charge is 0.330 e. The Kier molecular flexibility index (Phi) is 14.2. The molecular formula is C35H58O14. The van der Waals surface area contributed by atoms with Crippen LogP contribution in [0.4, 0.5) is 0 Å². The van der Waals surface area contributed by atoms with Gasteiger partial charge in [-0.25, -0.2) is 4.79 Å². The molecule has 0 bridgehead atoms. The molecule has 3 fully saturated rings. The first-order valence-corrected chi connectivity index (χ1v) is 17.4. The number of ether oxygens (including phenoxy) is 9. The molecule has 0 unspecified atom stereocenters. The van der Waals surface area contributed by atoms with Crippen molar-refractivity contribution in [3.8, 4) is 0 Å². The van der Waals surface area contributed by atoms with Crippen LogP contribution in [0, 0.1) is 23.7 Å². The Bertz CT molecular complexity index is 1120. The van der Waals surface area contributed by atoms with E-state index < -0.39 is 84.8 Å².